The average molecular weight is 252 g/mol. The fourth-order valence-electron chi connectivity index (χ4n) is 1.76. The summed E-state index contributed by atoms with van der Waals surface area (Å²) in [5, 5.41) is 8.52. The summed E-state index contributed by atoms with van der Waals surface area (Å²) in [6, 6.07) is 9.25. The van der Waals surface area contributed by atoms with Gasteiger partial charge < -0.3 is 0 Å². The summed E-state index contributed by atoms with van der Waals surface area (Å²) in [7, 11) is 0. The number of hydrogen-bond acceptors (Lipinski definition) is 3. The lowest BCUT2D eigenvalue weighted by Gasteiger charge is -2.21. The van der Waals surface area contributed by atoms with E-state index in [-0.39, 0.29) is 5.91 Å². The second-order valence-electron chi connectivity index (χ2n) is 3.83. The number of alkyl halides is 1. The summed E-state index contributed by atoms with van der Waals surface area (Å²) in [6.45, 7) is 4.25. The van der Waals surface area contributed by atoms with Crippen molar-refractivity contribution in [3.8, 4) is 0 Å². The first kappa shape index (κ1) is 12.1. The Morgan fingerprint density at radius 1 is 1.41 bits per heavy atom. The fourth-order valence-corrected chi connectivity index (χ4v) is 2.01. The van der Waals surface area contributed by atoms with Crippen LogP contribution >= 0.6 is 11.6 Å². The molecule has 90 valence electrons. The Balaban J connectivity index is 2.34. The van der Waals surface area contributed by atoms with Crippen LogP contribution in [0.15, 0.2) is 35.4 Å². The third-order valence-corrected chi connectivity index (χ3v) is 3.23. The minimum Gasteiger partial charge on any atom is -0.286 e. The number of hydrogen-bond donors (Lipinski definition) is 1. The molecule has 4 nitrogen and oxygen atoms in total. The van der Waals surface area contributed by atoms with E-state index >= 15 is 0 Å². The maximum Gasteiger partial charge on any atom is 0.289 e. The fraction of sp³-hybridized carbons (Fsp3) is 0.333. The lowest BCUT2D eigenvalue weighted by Crippen LogP contribution is -2.52. The molecular weight excluding hydrogens is 238 g/mol. The topological polar surface area (TPSA) is 44.7 Å². The molecule has 1 atom stereocenters. The van der Waals surface area contributed by atoms with Crippen molar-refractivity contribution in [2.45, 2.75) is 18.8 Å². The normalized spacial score (nSPS) is 24.1. The maximum absolute atomic E-state index is 12.2. The molecule has 0 spiro atoms. The van der Waals surface area contributed by atoms with Gasteiger partial charge in [0, 0.05) is 0 Å². The minimum absolute atomic E-state index is 0.260. The van der Waals surface area contributed by atoms with E-state index in [9.17, 15) is 4.79 Å². The van der Waals surface area contributed by atoms with Crippen LogP contribution < -0.4 is 10.3 Å². The summed E-state index contributed by atoms with van der Waals surface area (Å²) >= 11 is 6.28. The van der Waals surface area contributed by atoms with Crippen LogP contribution in [0.1, 0.15) is 13.8 Å². The van der Waals surface area contributed by atoms with Crippen LogP contribution in [0.5, 0.6) is 0 Å². The molecule has 0 aromatic heterocycles. The molecule has 1 aromatic rings. The van der Waals surface area contributed by atoms with Gasteiger partial charge >= 0.3 is 0 Å². The van der Waals surface area contributed by atoms with E-state index in [4.69, 9.17) is 11.6 Å². The van der Waals surface area contributed by atoms with E-state index in [0.29, 0.717) is 12.3 Å². The van der Waals surface area contributed by atoms with E-state index in [1.54, 1.807) is 6.92 Å². The first-order valence-corrected chi connectivity index (χ1v) is 5.86. The quantitative estimate of drug-likeness (QED) is 0.659. The van der Waals surface area contributed by atoms with Gasteiger partial charge in [-0.15, -0.1) is 0 Å². The van der Waals surface area contributed by atoms with Crippen LogP contribution in [0.2, 0.25) is 0 Å². The molecule has 1 aromatic carbocycles. The minimum atomic E-state index is -1.20. The van der Waals surface area contributed by atoms with Gasteiger partial charge in [-0.1, -0.05) is 36.7 Å². The molecule has 0 saturated heterocycles. The first-order valence-electron chi connectivity index (χ1n) is 5.49. The SMILES string of the molecule is CCN[C@@]1(Cl)C(=O)N(c2ccccc2)N=C1C. The molecule has 0 unspecified atom stereocenters. The number of amides is 1. The molecule has 17 heavy (non-hydrogen) atoms. The van der Waals surface area contributed by atoms with E-state index in [1.807, 2.05) is 37.3 Å². The van der Waals surface area contributed by atoms with Crippen LogP contribution in [0.25, 0.3) is 0 Å². The molecule has 0 radical (unpaired) electrons. The Hall–Kier alpha value is -1.39. The Kier molecular flexibility index (Phi) is 3.17. The number of rotatable bonds is 3. The number of hydrazone groups is 1. The summed E-state index contributed by atoms with van der Waals surface area (Å²) in [5.41, 5.74) is 1.28. The zero-order chi connectivity index (χ0) is 12.5. The number of carbonyl (C=O) groups excluding carboxylic acids is 1. The van der Waals surface area contributed by atoms with Crippen molar-refractivity contribution in [2.24, 2.45) is 5.10 Å². The van der Waals surface area contributed by atoms with Crippen molar-refractivity contribution in [1.29, 1.82) is 0 Å². The van der Waals surface area contributed by atoms with Crippen molar-refractivity contribution in [1.82, 2.24) is 5.32 Å². The summed E-state index contributed by atoms with van der Waals surface area (Å²) in [4.78, 5) is 11.0. The second-order valence-corrected chi connectivity index (χ2v) is 4.39. The number of nitrogens with one attached hydrogen (secondary N) is 1. The van der Waals surface area contributed by atoms with Crippen LogP contribution in [0.4, 0.5) is 5.69 Å². The first-order chi connectivity index (χ1) is 8.09. The summed E-state index contributed by atoms with van der Waals surface area (Å²) < 4.78 is 0. The van der Waals surface area contributed by atoms with Gasteiger partial charge in [-0.05, 0) is 25.6 Å². The van der Waals surface area contributed by atoms with Crippen LogP contribution in [0.3, 0.4) is 0 Å². The van der Waals surface area contributed by atoms with E-state index in [2.05, 4.69) is 10.4 Å². The highest BCUT2D eigenvalue weighted by molar-refractivity contribution is 6.50. The number of para-hydroxylation sites is 1. The van der Waals surface area contributed by atoms with Crippen molar-refractivity contribution in [3.05, 3.63) is 30.3 Å². The molecule has 1 amide bonds. The van der Waals surface area contributed by atoms with E-state index in [0.717, 1.165) is 5.69 Å². The summed E-state index contributed by atoms with van der Waals surface area (Å²) in [5.74, 6) is -0.260. The van der Waals surface area contributed by atoms with Crippen LogP contribution in [-0.2, 0) is 4.79 Å². The smallest absolute Gasteiger partial charge is 0.286 e. The number of halogens is 1. The van der Waals surface area contributed by atoms with Gasteiger partial charge in [0.2, 0.25) is 5.00 Å². The standard InChI is InChI=1S/C12H14ClN3O/c1-3-14-12(13)9(2)15-16(11(12)17)10-7-5-4-6-8-10/h4-8,14H,3H2,1-2H3/t12-/m1/s1. The molecule has 0 saturated carbocycles. The average Bonchev–Trinajstić information content (AvgIpc) is 2.56. The Labute approximate surface area is 105 Å². The molecule has 0 aliphatic carbocycles. The zero-order valence-electron chi connectivity index (χ0n) is 9.77. The molecular formula is C12H14ClN3O. The number of carbonyl (C=O) groups is 1. The van der Waals surface area contributed by atoms with Gasteiger partial charge in [0.15, 0.2) is 0 Å². The highest BCUT2D eigenvalue weighted by atomic mass is 35.5. The maximum atomic E-state index is 12.2. The molecule has 0 bridgehead atoms. The molecule has 0 fully saturated rings. The Bertz CT molecular complexity index is 460. The van der Waals surface area contributed by atoms with Crippen molar-refractivity contribution < 1.29 is 4.79 Å². The lowest BCUT2D eigenvalue weighted by molar-refractivity contribution is -0.119. The van der Waals surface area contributed by atoms with Gasteiger partial charge in [-0.25, -0.2) is 0 Å². The van der Waals surface area contributed by atoms with E-state index < -0.39 is 5.00 Å². The highest BCUT2D eigenvalue weighted by Gasteiger charge is 2.47. The molecule has 1 N–H and O–H groups in total. The molecule has 1 aliphatic rings. The van der Waals surface area contributed by atoms with E-state index in [1.165, 1.54) is 5.01 Å². The van der Waals surface area contributed by atoms with Crippen LogP contribution in [-0.4, -0.2) is 23.2 Å². The number of anilines is 1. The highest BCUT2D eigenvalue weighted by Crippen LogP contribution is 2.29. The largest absolute Gasteiger partial charge is 0.289 e. The van der Waals surface area contributed by atoms with Gasteiger partial charge in [-0.2, -0.15) is 10.1 Å². The predicted molar refractivity (Wildman–Crippen MR) is 69.3 cm³/mol. The van der Waals surface area contributed by atoms with Gasteiger partial charge in [0.25, 0.3) is 5.91 Å². The third-order valence-electron chi connectivity index (χ3n) is 2.66. The summed E-state index contributed by atoms with van der Waals surface area (Å²) in [6.07, 6.45) is 0. The van der Waals surface area contributed by atoms with Crippen LogP contribution in [0, 0.1) is 0 Å². The van der Waals surface area contributed by atoms with Gasteiger partial charge in [0.05, 0.1) is 11.4 Å². The monoisotopic (exact) mass is 251 g/mol. The Morgan fingerprint density at radius 3 is 2.65 bits per heavy atom. The molecule has 1 aliphatic heterocycles. The Morgan fingerprint density at radius 2 is 2.06 bits per heavy atom. The van der Waals surface area contributed by atoms with Crippen molar-refractivity contribution >= 4 is 28.9 Å². The molecule has 2 rings (SSSR count). The van der Waals surface area contributed by atoms with Gasteiger partial charge in [-0.3, -0.25) is 10.1 Å². The van der Waals surface area contributed by atoms with Crippen molar-refractivity contribution in [2.75, 3.05) is 11.6 Å². The second kappa shape index (κ2) is 4.47. The number of likely N-dealkylation sites (N-methyl/N-ethyl adjacent to an activating group) is 1. The number of nitrogens with zero attached hydrogens (tertiary/aromatic N) is 2. The lowest BCUT2D eigenvalue weighted by atomic mass is 10.2. The predicted octanol–water partition coefficient (Wildman–Crippen LogP) is 1.95. The number of benzene rings is 1. The third kappa shape index (κ3) is 1.94. The van der Waals surface area contributed by atoms with Crippen molar-refractivity contribution in [3.63, 3.8) is 0 Å². The molecule has 5 heteroatoms. The van der Waals surface area contributed by atoms with Gasteiger partial charge in [0.1, 0.15) is 0 Å². The molecule has 1 heterocycles. The zero-order valence-corrected chi connectivity index (χ0v) is 10.5.